The highest BCUT2D eigenvalue weighted by Gasteiger charge is 2.67. The summed E-state index contributed by atoms with van der Waals surface area (Å²) in [4.78, 5) is 29.7. The van der Waals surface area contributed by atoms with Crippen LogP contribution in [0.1, 0.15) is 15.2 Å². The molecule has 3 rings (SSSR count). The predicted molar refractivity (Wildman–Crippen MR) is 95.5 cm³/mol. The molecule has 0 saturated carbocycles. The van der Waals surface area contributed by atoms with Gasteiger partial charge >= 0.3 is 11.8 Å². The number of hydrogen-bond acceptors (Lipinski definition) is 4. The van der Waals surface area contributed by atoms with Crippen LogP contribution in [-0.2, 0) is 4.79 Å². The number of nitrogens with one attached hydrogen (secondary N) is 1. The average Bonchev–Trinajstić information content (AvgIpc) is 3.25. The number of alkyl halides is 3. The molecule has 140 valence electrons. The Balaban J connectivity index is 2.11. The molecule has 2 heterocycles. The van der Waals surface area contributed by atoms with E-state index in [-0.39, 0.29) is 17.3 Å². The van der Waals surface area contributed by atoms with Crippen molar-refractivity contribution in [1.82, 2.24) is 10.2 Å². The van der Waals surface area contributed by atoms with Gasteiger partial charge in [-0.2, -0.15) is 13.2 Å². The number of amidine groups is 1. The maximum absolute atomic E-state index is 14.0. The Labute approximate surface area is 156 Å². The minimum absolute atomic E-state index is 0.0463. The van der Waals surface area contributed by atoms with Gasteiger partial charge < -0.3 is 5.32 Å². The van der Waals surface area contributed by atoms with Crippen LogP contribution < -0.4 is 5.32 Å². The first kappa shape index (κ1) is 18.8. The number of amides is 2. The van der Waals surface area contributed by atoms with E-state index in [1.165, 1.54) is 30.3 Å². The van der Waals surface area contributed by atoms with Crippen LogP contribution in [0.4, 0.5) is 13.2 Å². The summed E-state index contributed by atoms with van der Waals surface area (Å²) in [6.07, 6.45) is -3.84. The molecular formula is C18H14F3N3O2S. The number of carbonyl (C=O) groups is 2. The highest BCUT2D eigenvalue weighted by atomic mass is 32.1. The van der Waals surface area contributed by atoms with E-state index in [9.17, 15) is 22.8 Å². The second-order valence-electron chi connectivity index (χ2n) is 5.65. The second kappa shape index (κ2) is 6.99. The number of nitrogens with zero attached hydrogens (tertiary/aromatic N) is 2. The summed E-state index contributed by atoms with van der Waals surface area (Å²) in [5.74, 6) is -2.57. The fourth-order valence-corrected chi connectivity index (χ4v) is 3.25. The largest absolute Gasteiger partial charge is 0.442 e. The molecule has 0 fully saturated rings. The van der Waals surface area contributed by atoms with Crippen molar-refractivity contribution in [1.29, 1.82) is 0 Å². The van der Waals surface area contributed by atoms with Gasteiger partial charge in [-0.05, 0) is 11.4 Å². The molecule has 1 atom stereocenters. The second-order valence-corrected chi connectivity index (χ2v) is 6.59. The normalized spacial score (nSPS) is 19.7. The lowest BCUT2D eigenvalue weighted by Crippen LogP contribution is -2.63. The molecule has 1 aromatic carbocycles. The molecule has 2 amide bonds. The summed E-state index contributed by atoms with van der Waals surface area (Å²) < 4.78 is 41.9. The van der Waals surface area contributed by atoms with Crippen LogP contribution in [0.25, 0.3) is 0 Å². The molecule has 0 aliphatic carbocycles. The number of benzene rings is 1. The third-order valence-corrected chi connectivity index (χ3v) is 4.75. The molecule has 0 radical (unpaired) electrons. The predicted octanol–water partition coefficient (Wildman–Crippen LogP) is 3.21. The van der Waals surface area contributed by atoms with Crippen molar-refractivity contribution in [3.05, 3.63) is 70.9 Å². The molecule has 1 N–H and O–H groups in total. The van der Waals surface area contributed by atoms with Gasteiger partial charge in [0.1, 0.15) is 5.84 Å². The number of hydrogen-bond donors (Lipinski definition) is 1. The Morgan fingerprint density at radius 3 is 2.52 bits per heavy atom. The van der Waals surface area contributed by atoms with E-state index in [1.807, 2.05) is 0 Å². The summed E-state index contributed by atoms with van der Waals surface area (Å²) in [7, 11) is 0. The number of thiophene rings is 1. The van der Waals surface area contributed by atoms with Crippen molar-refractivity contribution >= 4 is 29.0 Å². The molecule has 0 spiro atoms. The van der Waals surface area contributed by atoms with Gasteiger partial charge in [0.2, 0.25) is 0 Å². The van der Waals surface area contributed by atoms with Gasteiger partial charge in [0.25, 0.3) is 11.8 Å². The first-order chi connectivity index (χ1) is 12.8. The summed E-state index contributed by atoms with van der Waals surface area (Å²) in [6, 6.07) is 10.9. The van der Waals surface area contributed by atoms with Crippen LogP contribution in [0.3, 0.4) is 0 Å². The van der Waals surface area contributed by atoms with Crippen molar-refractivity contribution in [2.75, 3.05) is 6.54 Å². The minimum Gasteiger partial charge on any atom is -0.311 e. The van der Waals surface area contributed by atoms with Gasteiger partial charge in [-0.1, -0.05) is 42.5 Å². The van der Waals surface area contributed by atoms with Crippen LogP contribution in [0.5, 0.6) is 0 Å². The van der Waals surface area contributed by atoms with Crippen molar-refractivity contribution in [2.45, 2.75) is 11.8 Å². The van der Waals surface area contributed by atoms with E-state index in [4.69, 9.17) is 0 Å². The number of rotatable bonds is 5. The molecule has 0 bridgehead atoms. The van der Waals surface area contributed by atoms with E-state index in [2.05, 4.69) is 11.6 Å². The lowest BCUT2D eigenvalue weighted by atomic mass is 10.1. The standard InChI is InChI=1S/C18H14F3N3O2S/c1-2-10-24-14(12-7-4-3-5-8-12)22-17(16(24)26,18(19,20)21)23-15(25)13-9-6-11-27-13/h2-9,11H,1,10H2,(H,23,25)/t17-/m1/s1. The maximum Gasteiger partial charge on any atom is 0.442 e. The summed E-state index contributed by atoms with van der Waals surface area (Å²) in [5, 5.41) is 3.36. The molecule has 27 heavy (non-hydrogen) atoms. The summed E-state index contributed by atoms with van der Waals surface area (Å²) >= 11 is 0.964. The highest BCUT2D eigenvalue weighted by Crippen LogP contribution is 2.38. The zero-order chi connectivity index (χ0) is 19.7. The molecule has 1 aromatic heterocycles. The van der Waals surface area contributed by atoms with Crippen LogP contribution in [0.2, 0.25) is 0 Å². The molecule has 1 aliphatic heterocycles. The van der Waals surface area contributed by atoms with E-state index in [0.29, 0.717) is 5.56 Å². The summed E-state index contributed by atoms with van der Waals surface area (Å²) in [5.41, 5.74) is -3.06. The summed E-state index contributed by atoms with van der Waals surface area (Å²) in [6.45, 7) is 3.30. The van der Waals surface area contributed by atoms with E-state index >= 15 is 0 Å². The fraction of sp³-hybridized carbons (Fsp3) is 0.167. The quantitative estimate of drug-likeness (QED) is 0.793. The Bertz CT molecular complexity index is 894. The van der Waals surface area contributed by atoms with Crippen LogP contribution in [0.15, 0.2) is 65.5 Å². The van der Waals surface area contributed by atoms with E-state index < -0.39 is 23.7 Å². The molecule has 0 saturated heterocycles. The van der Waals surface area contributed by atoms with Crippen molar-refractivity contribution in [3.63, 3.8) is 0 Å². The zero-order valence-corrected chi connectivity index (χ0v) is 14.7. The zero-order valence-electron chi connectivity index (χ0n) is 13.9. The van der Waals surface area contributed by atoms with E-state index in [0.717, 1.165) is 16.2 Å². The van der Waals surface area contributed by atoms with Gasteiger partial charge in [0.15, 0.2) is 0 Å². The molecule has 9 heteroatoms. The first-order valence-corrected chi connectivity index (χ1v) is 8.69. The number of aliphatic imine (C=N–C) groups is 1. The molecular weight excluding hydrogens is 379 g/mol. The SMILES string of the molecule is C=CCN1C(=O)[C@@](NC(=O)c2cccs2)(C(F)(F)F)N=C1c1ccccc1. The average molecular weight is 393 g/mol. The molecule has 2 aromatic rings. The third-order valence-electron chi connectivity index (χ3n) is 3.88. The van der Waals surface area contributed by atoms with Gasteiger partial charge in [-0.15, -0.1) is 17.9 Å². The van der Waals surface area contributed by atoms with Crippen LogP contribution in [-0.4, -0.2) is 40.9 Å². The monoisotopic (exact) mass is 393 g/mol. The molecule has 0 unspecified atom stereocenters. The van der Waals surface area contributed by atoms with Crippen molar-refractivity contribution in [3.8, 4) is 0 Å². The lowest BCUT2D eigenvalue weighted by molar-refractivity contribution is -0.196. The smallest absolute Gasteiger partial charge is 0.311 e. The third kappa shape index (κ3) is 3.25. The Kier molecular flexibility index (Phi) is 4.88. The number of carbonyl (C=O) groups excluding carboxylic acids is 2. The Morgan fingerprint density at radius 2 is 1.96 bits per heavy atom. The van der Waals surface area contributed by atoms with E-state index in [1.54, 1.807) is 28.9 Å². The highest BCUT2D eigenvalue weighted by molar-refractivity contribution is 7.12. The van der Waals surface area contributed by atoms with Gasteiger partial charge in [-0.3, -0.25) is 14.5 Å². The topological polar surface area (TPSA) is 61.8 Å². The molecule has 5 nitrogen and oxygen atoms in total. The van der Waals surface area contributed by atoms with Crippen LogP contribution in [0, 0.1) is 0 Å². The minimum atomic E-state index is -5.13. The van der Waals surface area contributed by atoms with Gasteiger partial charge in [-0.25, -0.2) is 4.99 Å². The maximum atomic E-state index is 14.0. The first-order valence-electron chi connectivity index (χ1n) is 7.81. The van der Waals surface area contributed by atoms with Gasteiger partial charge in [0, 0.05) is 12.1 Å². The van der Waals surface area contributed by atoms with Crippen LogP contribution >= 0.6 is 11.3 Å². The fourth-order valence-electron chi connectivity index (χ4n) is 2.64. The molecule has 1 aliphatic rings. The van der Waals surface area contributed by atoms with Gasteiger partial charge in [0.05, 0.1) is 4.88 Å². The van der Waals surface area contributed by atoms with Crippen molar-refractivity contribution < 1.29 is 22.8 Å². The Morgan fingerprint density at radius 1 is 1.26 bits per heavy atom. The Hall–Kier alpha value is -2.94. The number of halogens is 3. The van der Waals surface area contributed by atoms with Crippen molar-refractivity contribution in [2.24, 2.45) is 4.99 Å². The lowest BCUT2D eigenvalue weighted by Gasteiger charge is -2.28.